The van der Waals surface area contributed by atoms with E-state index in [4.69, 9.17) is 4.74 Å². The van der Waals surface area contributed by atoms with E-state index in [1.165, 1.54) is 0 Å². The van der Waals surface area contributed by atoms with Gasteiger partial charge < -0.3 is 4.74 Å². The van der Waals surface area contributed by atoms with Gasteiger partial charge in [0, 0.05) is 19.6 Å². The first-order chi connectivity index (χ1) is 16.2. The van der Waals surface area contributed by atoms with Crippen molar-refractivity contribution in [3.05, 3.63) is 0 Å². The van der Waals surface area contributed by atoms with Crippen molar-refractivity contribution in [3.63, 3.8) is 0 Å². The second kappa shape index (κ2) is 11.5. The molecule has 0 amide bonds. The number of hydrogen-bond acceptors (Lipinski definition) is 1. The molecule has 1 nitrogen and oxygen atoms in total. The molecule has 1 atom stereocenters. The minimum absolute atomic E-state index is 0.0445. The maximum Gasteiger partial charge on any atom is 0.460 e. The molecule has 37 heavy (non-hydrogen) atoms. The molecule has 0 aromatic heterocycles. The highest BCUT2D eigenvalue weighted by atomic mass is 19.4. The Morgan fingerprint density at radius 3 is 1.30 bits per heavy atom. The van der Waals surface area contributed by atoms with E-state index in [2.05, 4.69) is 0 Å². The van der Waals surface area contributed by atoms with Crippen LogP contribution in [0, 0.1) is 5.92 Å². The summed E-state index contributed by atoms with van der Waals surface area (Å²) in [4.78, 5) is 0. The predicted molar refractivity (Wildman–Crippen MR) is 94.0 cm³/mol. The number of rotatable bonds is 16. The van der Waals surface area contributed by atoms with E-state index >= 15 is 0 Å². The number of ether oxygens (including phenoxy) is 1. The minimum atomic E-state index is -8.59. The van der Waals surface area contributed by atoms with Gasteiger partial charge in [0.2, 0.25) is 0 Å². The molecule has 0 heterocycles. The van der Waals surface area contributed by atoms with Gasteiger partial charge in [-0.05, 0) is 31.6 Å². The van der Waals surface area contributed by atoms with E-state index < -0.39 is 66.4 Å². The van der Waals surface area contributed by atoms with Gasteiger partial charge in [0.25, 0.3) is 0 Å². The SMILES string of the molecule is CCCCOCCCC(C)CCC(F)(F)C(F)(F)C(F)(F)C(F)(F)C(F)(F)C(F)(F)C(F)(F)C(F)(F)F. The van der Waals surface area contributed by atoms with Crippen LogP contribution in [-0.2, 0) is 4.74 Å². The van der Waals surface area contributed by atoms with E-state index in [9.17, 15) is 74.6 Å². The zero-order valence-electron chi connectivity index (χ0n) is 19.1. The monoisotopic (exact) mass is 590 g/mol. The van der Waals surface area contributed by atoms with E-state index in [0.717, 1.165) is 13.3 Å². The molecule has 0 fully saturated rings. The normalized spacial score (nSPS) is 16.3. The number of alkyl halides is 17. The lowest BCUT2D eigenvalue weighted by Gasteiger charge is -2.43. The Hall–Kier alpha value is -1.23. The Labute approximate surface area is 199 Å². The second-order valence-electron chi connectivity index (χ2n) is 8.40. The molecule has 0 bridgehead atoms. The van der Waals surface area contributed by atoms with Crippen LogP contribution in [0.1, 0.15) is 52.4 Å². The largest absolute Gasteiger partial charge is 0.460 e. The van der Waals surface area contributed by atoms with Crippen molar-refractivity contribution in [2.45, 2.75) is 100 Å². The van der Waals surface area contributed by atoms with E-state index in [-0.39, 0.29) is 19.4 Å². The third-order valence-electron chi connectivity index (χ3n) is 5.37. The molecule has 0 radical (unpaired) electrons. The molecule has 0 aliphatic rings. The summed E-state index contributed by atoms with van der Waals surface area (Å²) in [5.41, 5.74) is 0. The Morgan fingerprint density at radius 1 is 0.514 bits per heavy atom. The third kappa shape index (κ3) is 6.50. The van der Waals surface area contributed by atoms with Crippen LogP contribution < -0.4 is 0 Å². The smallest absolute Gasteiger partial charge is 0.381 e. The first-order valence-corrected chi connectivity index (χ1v) is 10.5. The lowest BCUT2D eigenvalue weighted by Crippen LogP contribution is -2.74. The molecule has 0 aliphatic carbocycles. The van der Waals surface area contributed by atoms with Crippen LogP contribution in [-0.4, -0.2) is 60.8 Å². The summed E-state index contributed by atoms with van der Waals surface area (Å²) in [6.07, 6.45) is -9.70. The lowest BCUT2D eigenvalue weighted by molar-refractivity contribution is -0.461. The molecule has 18 heteroatoms. The van der Waals surface area contributed by atoms with Gasteiger partial charge in [0.15, 0.2) is 0 Å². The number of halogens is 17. The van der Waals surface area contributed by atoms with Crippen LogP contribution in [0.5, 0.6) is 0 Å². The van der Waals surface area contributed by atoms with Crippen molar-refractivity contribution >= 4 is 0 Å². The van der Waals surface area contributed by atoms with E-state index in [1.807, 2.05) is 6.92 Å². The summed E-state index contributed by atoms with van der Waals surface area (Å²) in [6.45, 7) is 3.37. The molecule has 224 valence electrons. The highest BCUT2D eigenvalue weighted by Crippen LogP contribution is 2.64. The predicted octanol–water partition coefficient (Wildman–Crippen LogP) is 9.01. The van der Waals surface area contributed by atoms with Gasteiger partial charge in [-0.2, -0.15) is 74.6 Å². The number of hydrogen-bond donors (Lipinski definition) is 0. The lowest BCUT2D eigenvalue weighted by atomic mass is 9.87. The molecule has 0 spiro atoms. The minimum Gasteiger partial charge on any atom is -0.381 e. The van der Waals surface area contributed by atoms with Gasteiger partial charge in [-0.15, -0.1) is 0 Å². The molecule has 0 saturated heterocycles. The van der Waals surface area contributed by atoms with Gasteiger partial charge >= 0.3 is 47.6 Å². The van der Waals surface area contributed by atoms with Crippen molar-refractivity contribution in [2.75, 3.05) is 13.2 Å². The Balaban J connectivity index is 5.84. The number of unbranched alkanes of at least 4 members (excludes halogenated alkanes) is 1. The summed E-state index contributed by atoms with van der Waals surface area (Å²) in [5, 5.41) is 0. The van der Waals surface area contributed by atoms with Crippen molar-refractivity contribution in [1.82, 2.24) is 0 Å². The maximum absolute atomic E-state index is 13.9. The van der Waals surface area contributed by atoms with Gasteiger partial charge in [-0.25, -0.2) is 0 Å². The Kier molecular flexibility index (Phi) is 11.1. The van der Waals surface area contributed by atoms with Crippen LogP contribution >= 0.6 is 0 Å². The average molecular weight is 590 g/mol. The van der Waals surface area contributed by atoms with Crippen LogP contribution in [0.2, 0.25) is 0 Å². The van der Waals surface area contributed by atoms with Gasteiger partial charge in [-0.3, -0.25) is 0 Å². The zero-order valence-corrected chi connectivity index (χ0v) is 19.1. The topological polar surface area (TPSA) is 9.23 Å². The first kappa shape index (κ1) is 35.8. The van der Waals surface area contributed by atoms with Crippen LogP contribution in [0.4, 0.5) is 74.6 Å². The molecule has 0 rings (SSSR count). The van der Waals surface area contributed by atoms with Crippen molar-refractivity contribution in [1.29, 1.82) is 0 Å². The molecule has 0 aromatic carbocycles. The van der Waals surface area contributed by atoms with E-state index in [1.54, 1.807) is 0 Å². The van der Waals surface area contributed by atoms with Crippen LogP contribution in [0.25, 0.3) is 0 Å². The fourth-order valence-electron chi connectivity index (χ4n) is 2.81. The first-order valence-electron chi connectivity index (χ1n) is 10.5. The third-order valence-corrected chi connectivity index (χ3v) is 5.37. The average Bonchev–Trinajstić information content (AvgIpc) is 2.73. The summed E-state index contributed by atoms with van der Waals surface area (Å²) in [6, 6.07) is 0. The quantitative estimate of drug-likeness (QED) is 0.129. The van der Waals surface area contributed by atoms with Crippen LogP contribution in [0.15, 0.2) is 0 Å². The zero-order chi connectivity index (χ0) is 29.9. The molecule has 0 saturated carbocycles. The summed E-state index contributed by atoms with van der Waals surface area (Å²) >= 11 is 0. The molecular weight excluding hydrogens is 567 g/mol. The molecule has 1 unspecified atom stereocenters. The van der Waals surface area contributed by atoms with Crippen molar-refractivity contribution in [2.24, 2.45) is 5.92 Å². The maximum atomic E-state index is 13.9. The molecule has 0 N–H and O–H groups in total. The molecule has 0 aliphatic heterocycles. The highest BCUT2D eigenvalue weighted by Gasteiger charge is 2.95. The van der Waals surface area contributed by atoms with Gasteiger partial charge in [-0.1, -0.05) is 20.3 Å². The van der Waals surface area contributed by atoms with Gasteiger partial charge in [0.1, 0.15) is 0 Å². The highest BCUT2D eigenvalue weighted by molar-refractivity contribution is 5.15. The Morgan fingerprint density at radius 2 is 0.892 bits per heavy atom. The van der Waals surface area contributed by atoms with Crippen molar-refractivity contribution in [3.8, 4) is 0 Å². The van der Waals surface area contributed by atoms with E-state index in [0.29, 0.717) is 13.0 Å². The van der Waals surface area contributed by atoms with Gasteiger partial charge in [0.05, 0.1) is 0 Å². The fraction of sp³-hybridized carbons (Fsp3) is 1.00. The molecular formula is C19H23F17O. The standard InChI is InChI=1S/C19H23F17O/c1-3-4-9-37-10-5-6-11(2)7-8-12(20,21)13(22,23)14(24,25)15(26,27)16(28,29)17(30,31)18(32,33)19(34,35)36/h11H,3-10H2,1-2H3. The summed E-state index contributed by atoms with van der Waals surface area (Å²) < 4.78 is 230. The molecule has 0 aromatic rings. The second-order valence-corrected chi connectivity index (χ2v) is 8.40. The fourth-order valence-corrected chi connectivity index (χ4v) is 2.81. The van der Waals surface area contributed by atoms with Crippen molar-refractivity contribution < 1.29 is 79.4 Å². The summed E-state index contributed by atoms with van der Waals surface area (Å²) in [5.74, 6) is -56.9. The Bertz CT molecular complexity index is 714. The summed E-state index contributed by atoms with van der Waals surface area (Å²) in [7, 11) is 0. The van der Waals surface area contributed by atoms with Crippen LogP contribution in [0.3, 0.4) is 0 Å².